The van der Waals surface area contributed by atoms with E-state index in [0.717, 1.165) is 19.4 Å². The fourth-order valence-electron chi connectivity index (χ4n) is 1.87. The number of rotatable bonds is 4. The number of aliphatic hydroxyl groups excluding tert-OH is 1. The normalized spacial score (nSPS) is 23.9. The van der Waals surface area contributed by atoms with E-state index in [0.29, 0.717) is 13.1 Å². The molecule has 1 saturated heterocycles. The first-order chi connectivity index (χ1) is 6.69. The van der Waals surface area contributed by atoms with Crippen LogP contribution in [0.2, 0.25) is 0 Å². The number of hydrogen-bond acceptors (Lipinski definition) is 3. The molecule has 1 aliphatic rings. The molecule has 0 aliphatic carbocycles. The van der Waals surface area contributed by atoms with Gasteiger partial charge in [-0.05, 0) is 19.4 Å². The quantitative estimate of drug-likeness (QED) is 0.661. The summed E-state index contributed by atoms with van der Waals surface area (Å²) in [6.07, 6.45) is 1.68. The first kappa shape index (κ1) is 11.5. The highest BCUT2D eigenvalue weighted by Gasteiger charge is 2.27. The van der Waals surface area contributed by atoms with Crippen LogP contribution in [0.25, 0.3) is 0 Å². The summed E-state index contributed by atoms with van der Waals surface area (Å²) in [5.41, 5.74) is 5.41. The highest BCUT2D eigenvalue weighted by molar-refractivity contribution is 5.78. The van der Waals surface area contributed by atoms with Gasteiger partial charge in [0, 0.05) is 31.5 Å². The number of nitrogens with zero attached hydrogens (tertiary/aromatic N) is 1. The van der Waals surface area contributed by atoms with Crippen molar-refractivity contribution >= 4 is 5.91 Å². The van der Waals surface area contributed by atoms with Gasteiger partial charge in [-0.3, -0.25) is 4.79 Å². The minimum Gasteiger partial charge on any atom is -0.396 e. The molecule has 0 radical (unpaired) electrons. The molecule has 1 fully saturated rings. The lowest BCUT2D eigenvalue weighted by molar-refractivity contribution is -0.134. The van der Waals surface area contributed by atoms with Gasteiger partial charge in [0.25, 0.3) is 0 Å². The zero-order valence-corrected chi connectivity index (χ0v) is 8.78. The minimum atomic E-state index is 0.0254. The topological polar surface area (TPSA) is 66.6 Å². The predicted molar refractivity (Wildman–Crippen MR) is 54.6 cm³/mol. The van der Waals surface area contributed by atoms with E-state index in [1.807, 2.05) is 11.8 Å². The van der Waals surface area contributed by atoms with E-state index in [9.17, 15) is 4.79 Å². The Kier molecular flexibility index (Phi) is 4.35. The Labute approximate surface area is 85.1 Å². The summed E-state index contributed by atoms with van der Waals surface area (Å²) in [5, 5.41) is 8.95. The van der Waals surface area contributed by atoms with Crippen molar-refractivity contribution in [1.82, 2.24) is 4.90 Å². The summed E-state index contributed by atoms with van der Waals surface area (Å²) in [4.78, 5) is 13.6. The van der Waals surface area contributed by atoms with Crippen molar-refractivity contribution in [1.29, 1.82) is 0 Å². The molecule has 82 valence electrons. The van der Waals surface area contributed by atoms with Crippen molar-refractivity contribution in [2.24, 2.45) is 17.6 Å². The third-order valence-corrected chi connectivity index (χ3v) is 2.88. The number of amides is 1. The van der Waals surface area contributed by atoms with E-state index in [4.69, 9.17) is 10.8 Å². The molecule has 4 heteroatoms. The summed E-state index contributed by atoms with van der Waals surface area (Å²) in [5.74, 6) is 0.493. The first-order valence-electron chi connectivity index (χ1n) is 5.28. The lowest BCUT2D eigenvalue weighted by Gasteiger charge is -2.20. The first-order valence-corrected chi connectivity index (χ1v) is 5.28. The summed E-state index contributed by atoms with van der Waals surface area (Å²) in [6, 6.07) is 0. The highest BCUT2D eigenvalue weighted by Crippen LogP contribution is 2.18. The van der Waals surface area contributed by atoms with E-state index in [2.05, 4.69) is 0 Å². The fourth-order valence-corrected chi connectivity index (χ4v) is 1.87. The molecule has 4 nitrogen and oxygen atoms in total. The van der Waals surface area contributed by atoms with Crippen LogP contribution >= 0.6 is 0 Å². The van der Waals surface area contributed by atoms with Gasteiger partial charge in [-0.25, -0.2) is 0 Å². The van der Waals surface area contributed by atoms with Crippen molar-refractivity contribution in [3.05, 3.63) is 0 Å². The van der Waals surface area contributed by atoms with Crippen molar-refractivity contribution < 1.29 is 9.90 Å². The number of likely N-dealkylation sites (tertiary alicyclic amines) is 1. The lowest BCUT2D eigenvalue weighted by Crippen LogP contribution is -2.34. The van der Waals surface area contributed by atoms with E-state index >= 15 is 0 Å². The average Bonchev–Trinajstić information content (AvgIpc) is 2.65. The molecule has 0 aromatic carbocycles. The van der Waals surface area contributed by atoms with Crippen LogP contribution in [0.5, 0.6) is 0 Å². The predicted octanol–water partition coefficient (Wildman–Crippen LogP) is -0.188. The molecule has 1 amide bonds. The highest BCUT2D eigenvalue weighted by atomic mass is 16.3. The summed E-state index contributed by atoms with van der Waals surface area (Å²) in [6.45, 7) is 4.17. The summed E-state index contributed by atoms with van der Waals surface area (Å²) < 4.78 is 0. The number of aliphatic hydroxyl groups is 1. The maximum absolute atomic E-state index is 11.8. The van der Waals surface area contributed by atoms with Crippen molar-refractivity contribution in [2.45, 2.75) is 19.8 Å². The zero-order chi connectivity index (χ0) is 10.6. The smallest absolute Gasteiger partial charge is 0.225 e. The Morgan fingerprint density at radius 3 is 2.93 bits per heavy atom. The number of carbonyl (C=O) groups is 1. The summed E-state index contributed by atoms with van der Waals surface area (Å²) in [7, 11) is 0. The molecule has 1 heterocycles. The molecule has 0 aromatic rings. The fraction of sp³-hybridized carbons (Fsp3) is 0.900. The van der Waals surface area contributed by atoms with Gasteiger partial charge in [-0.15, -0.1) is 0 Å². The van der Waals surface area contributed by atoms with Crippen LogP contribution in [0.3, 0.4) is 0 Å². The Hall–Kier alpha value is -0.610. The molecule has 2 atom stereocenters. The third-order valence-electron chi connectivity index (χ3n) is 2.88. The molecule has 1 aliphatic heterocycles. The molecule has 0 spiro atoms. The van der Waals surface area contributed by atoms with Gasteiger partial charge in [0.1, 0.15) is 0 Å². The number of carbonyl (C=O) groups excluding carboxylic acids is 1. The van der Waals surface area contributed by atoms with Crippen LogP contribution in [-0.4, -0.2) is 42.2 Å². The second-order valence-electron chi connectivity index (χ2n) is 4.10. The van der Waals surface area contributed by atoms with Crippen LogP contribution in [0, 0.1) is 11.8 Å². The minimum absolute atomic E-state index is 0.0254. The number of hydrogen-bond donors (Lipinski definition) is 2. The van der Waals surface area contributed by atoms with Crippen LogP contribution in [0.4, 0.5) is 0 Å². The van der Waals surface area contributed by atoms with Gasteiger partial charge >= 0.3 is 0 Å². The molecule has 14 heavy (non-hydrogen) atoms. The third kappa shape index (κ3) is 2.69. The van der Waals surface area contributed by atoms with Gasteiger partial charge in [0.05, 0.1) is 0 Å². The Bertz CT molecular complexity index is 197. The van der Waals surface area contributed by atoms with Gasteiger partial charge < -0.3 is 15.7 Å². The molecular formula is C10H20N2O2. The van der Waals surface area contributed by atoms with Crippen LogP contribution < -0.4 is 5.73 Å². The second kappa shape index (κ2) is 5.32. The van der Waals surface area contributed by atoms with Crippen molar-refractivity contribution in [2.75, 3.05) is 26.2 Å². The second-order valence-corrected chi connectivity index (χ2v) is 4.10. The van der Waals surface area contributed by atoms with E-state index in [1.54, 1.807) is 0 Å². The van der Waals surface area contributed by atoms with Crippen molar-refractivity contribution in [3.8, 4) is 0 Å². The SMILES string of the molecule is CC(CCN)C(=O)N1CCC(CO)C1. The lowest BCUT2D eigenvalue weighted by atomic mass is 10.1. The van der Waals surface area contributed by atoms with Gasteiger partial charge in [0.2, 0.25) is 5.91 Å². The molecule has 0 bridgehead atoms. The van der Waals surface area contributed by atoms with E-state index in [1.165, 1.54) is 0 Å². The maximum atomic E-state index is 11.8. The monoisotopic (exact) mass is 200 g/mol. The van der Waals surface area contributed by atoms with Crippen LogP contribution in [0.1, 0.15) is 19.8 Å². The molecule has 2 unspecified atom stereocenters. The summed E-state index contributed by atoms with van der Waals surface area (Å²) >= 11 is 0. The molecule has 0 saturated carbocycles. The van der Waals surface area contributed by atoms with Crippen molar-refractivity contribution in [3.63, 3.8) is 0 Å². The van der Waals surface area contributed by atoms with Crippen LogP contribution in [0.15, 0.2) is 0 Å². The Morgan fingerprint density at radius 1 is 1.71 bits per heavy atom. The molecule has 1 rings (SSSR count). The molecule has 0 aromatic heterocycles. The standard InChI is InChI=1S/C10H20N2O2/c1-8(2-4-11)10(14)12-5-3-9(6-12)7-13/h8-9,13H,2-7,11H2,1H3. The average molecular weight is 200 g/mol. The van der Waals surface area contributed by atoms with E-state index < -0.39 is 0 Å². The molecule has 3 N–H and O–H groups in total. The van der Waals surface area contributed by atoms with E-state index in [-0.39, 0.29) is 24.3 Å². The largest absolute Gasteiger partial charge is 0.396 e. The molecular weight excluding hydrogens is 180 g/mol. The Balaban J connectivity index is 2.38. The Morgan fingerprint density at radius 2 is 2.43 bits per heavy atom. The van der Waals surface area contributed by atoms with Gasteiger partial charge in [0.15, 0.2) is 0 Å². The number of nitrogens with two attached hydrogens (primary N) is 1. The van der Waals surface area contributed by atoms with Crippen LogP contribution in [-0.2, 0) is 4.79 Å². The zero-order valence-electron chi connectivity index (χ0n) is 8.78. The van der Waals surface area contributed by atoms with Gasteiger partial charge in [-0.2, -0.15) is 0 Å². The van der Waals surface area contributed by atoms with Gasteiger partial charge in [-0.1, -0.05) is 6.92 Å². The maximum Gasteiger partial charge on any atom is 0.225 e.